The Morgan fingerprint density at radius 2 is 1.32 bits per heavy atom. The van der Waals surface area contributed by atoms with Gasteiger partial charge in [0, 0.05) is 18.1 Å². The molecule has 0 N–H and O–H groups in total. The molecule has 0 saturated carbocycles. The lowest BCUT2D eigenvalue weighted by atomic mass is 9.90. The molecule has 0 radical (unpaired) electrons. The number of carbonyl (C=O) groups is 2. The molecule has 1 heterocycles. The highest BCUT2D eigenvalue weighted by Gasteiger charge is 2.42. The number of hydrogen-bond donors (Lipinski definition) is 0. The third-order valence-corrected chi connectivity index (χ3v) is 6.36. The number of fused-ring (bicyclic) bond motifs is 2. The molecule has 2 aromatic rings. The molecule has 170 valence electrons. The zero-order valence-electron chi connectivity index (χ0n) is 19.4. The van der Waals surface area contributed by atoms with Crippen LogP contribution in [0.4, 0.5) is 0 Å². The zero-order valence-corrected chi connectivity index (χ0v) is 21.0. The molecule has 4 nitrogen and oxygen atoms in total. The number of benzene rings is 1. The van der Waals surface area contributed by atoms with Crippen molar-refractivity contribution in [3.05, 3.63) is 52.6 Å². The molecule has 1 aromatic carbocycles. The van der Waals surface area contributed by atoms with Crippen LogP contribution in [0.3, 0.4) is 0 Å². The second-order valence-corrected chi connectivity index (χ2v) is 8.58. The minimum Gasteiger partial charge on any atom is -1.00 e. The van der Waals surface area contributed by atoms with Gasteiger partial charge in [0.15, 0.2) is 0 Å². The first-order valence-electron chi connectivity index (χ1n) is 11.9. The molecule has 1 aliphatic carbocycles. The molecule has 0 unspecified atom stereocenters. The van der Waals surface area contributed by atoms with Gasteiger partial charge in [-0.1, -0.05) is 83.1 Å². The van der Waals surface area contributed by atoms with Crippen LogP contribution < -0.4 is 21.5 Å². The minimum atomic E-state index is -0.00548. The Morgan fingerprint density at radius 3 is 1.94 bits per heavy atom. The number of ketones is 2. The molecule has 0 atom stereocenters. The summed E-state index contributed by atoms with van der Waals surface area (Å²) in [6, 6.07) is 7.26. The van der Waals surface area contributed by atoms with Crippen LogP contribution in [0, 0.1) is 6.92 Å². The van der Waals surface area contributed by atoms with Crippen LogP contribution in [-0.4, -0.2) is 16.1 Å². The molecule has 0 fully saturated rings. The maximum Gasteiger partial charge on any atom is 0.254 e. The fraction of sp³-hybridized carbons (Fsp3) is 0.577. The predicted molar refractivity (Wildman–Crippen MR) is 120 cm³/mol. The van der Waals surface area contributed by atoms with Gasteiger partial charge in [0.25, 0.3) is 5.82 Å². The second-order valence-electron chi connectivity index (χ2n) is 8.58. The van der Waals surface area contributed by atoms with Gasteiger partial charge < -0.3 is 17.0 Å². The first-order chi connectivity index (χ1) is 14.6. The maximum absolute atomic E-state index is 13.4. The van der Waals surface area contributed by atoms with E-state index in [0.717, 1.165) is 38.2 Å². The molecule has 0 saturated heterocycles. The Hall–Kier alpha value is -1.75. The topological polar surface area (TPSA) is 43.0 Å². The molecular formula is C26H37BrN2O2. The van der Waals surface area contributed by atoms with E-state index in [1.165, 1.54) is 44.9 Å². The van der Waals surface area contributed by atoms with Crippen LogP contribution in [0.1, 0.15) is 116 Å². The van der Waals surface area contributed by atoms with Crippen molar-refractivity contribution in [2.24, 2.45) is 0 Å². The highest BCUT2D eigenvalue weighted by Crippen LogP contribution is 2.27. The molecular weight excluding hydrogens is 452 g/mol. The lowest BCUT2D eigenvalue weighted by molar-refractivity contribution is -0.704. The summed E-state index contributed by atoms with van der Waals surface area (Å²) in [5.74, 6) is 1.03. The fourth-order valence-corrected chi connectivity index (χ4v) is 4.59. The second kappa shape index (κ2) is 12.3. The lowest BCUT2D eigenvalue weighted by Crippen LogP contribution is -3.00. The molecule has 1 aromatic heterocycles. The Balaban J connectivity index is 0.00000341. The van der Waals surface area contributed by atoms with E-state index in [1.54, 1.807) is 12.1 Å². The van der Waals surface area contributed by atoms with Crippen molar-refractivity contribution in [2.45, 2.75) is 98.1 Å². The molecule has 31 heavy (non-hydrogen) atoms. The van der Waals surface area contributed by atoms with Crippen molar-refractivity contribution >= 4 is 11.6 Å². The van der Waals surface area contributed by atoms with Gasteiger partial charge in [-0.05, 0) is 19.3 Å². The van der Waals surface area contributed by atoms with Crippen molar-refractivity contribution in [3.63, 3.8) is 0 Å². The zero-order chi connectivity index (χ0) is 21.5. The summed E-state index contributed by atoms with van der Waals surface area (Å²) in [5.41, 5.74) is 2.30. The Kier molecular flexibility index (Phi) is 10.1. The standard InChI is InChI=1S/C26H37N2O2.BrH/c1-4-6-8-9-10-11-12-15-19-28-20(3)27(18-7-5-2)23-24(28)26(30)22-17-14-13-16-21(22)25(23)29;/h13-14,16-17H,4-12,15,18-19H2,1-3H3;1H/q+1;/p-1. The largest absolute Gasteiger partial charge is 1.00 e. The molecule has 0 bridgehead atoms. The van der Waals surface area contributed by atoms with E-state index in [2.05, 4.69) is 29.9 Å². The lowest BCUT2D eigenvalue weighted by Gasteiger charge is -2.13. The quantitative estimate of drug-likeness (QED) is 0.290. The monoisotopic (exact) mass is 488 g/mol. The number of nitrogens with zero attached hydrogens (tertiary/aromatic N) is 2. The first kappa shape index (κ1) is 25.5. The molecule has 5 heteroatoms. The number of hydrogen-bond acceptors (Lipinski definition) is 2. The van der Waals surface area contributed by atoms with Gasteiger partial charge in [-0.3, -0.25) is 9.59 Å². The normalized spacial score (nSPS) is 12.5. The van der Waals surface area contributed by atoms with Gasteiger partial charge in [0.05, 0.1) is 13.1 Å². The Morgan fingerprint density at radius 1 is 0.774 bits per heavy atom. The van der Waals surface area contributed by atoms with Crippen LogP contribution in [0.25, 0.3) is 0 Å². The number of imidazole rings is 1. The van der Waals surface area contributed by atoms with Gasteiger partial charge in [0.1, 0.15) is 0 Å². The Labute approximate surface area is 197 Å². The average molecular weight is 489 g/mol. The number of unbranched alkanes of at least 4 members (excludes halogenated alkanes) is 8. The summed E-state index contributed by atoms with van der Waals surface area (Å²) in [6.07, 6.45) is 12.1. The molecule has 1 aliphatic rings. The first-order valence-corrected chi connectivity index (χ1v) is 11.9. The van der Waals surface area contributed by atoms with Gasteiger partial charge >= 0.3 is 0 Å². The van der Waals surface area contributed by atoms with Crippen molar-refractivity contribution < 1.29 is 31.1 Å². The van der Waals surface area contributed by atoms with Gasteiger partial charge in [-0.2, -0.15) is 0 Å². The van der Waals surface area contributed by atoms with Gasteiger partial charge in [-0.25, -0.2) is 9.13 Å². The van der Waals surface area contributed by atoms with E-state index in [1.807, 2.05) is 12.1 Å². The number of carbonyl (C=O) groups excluding carboxylic acids is 2. The average Bonchev–Trinajstić information content (AvgIpc) is 3.04. The molecule has 0 spiro atoms. The Bertz CT molecular complexity index is 901. The van der Waals surface area contributed by atoms with E-state index in [-0.39, 0.29) is 28.5 Å². The predicted octanol–water partition coefficient (Wildman–Crippen LogP) is 2.80. The van der Waals surface area contributed by atoms with E-state index in [0.29, 0.717) is 22.5 Å². The van der Waals surface area contributed by atoms with Gasteiger partial charge in [0.2, 0.25) is 23.0 Å². The van der Waals surface area contributed by atoms with Gasteiger partial charge in [-0.15, -0.1) is 0 Å². The summed E-state index contributed by atoms with van der Waals surface area (Å²) in [7, 11) is 0. The minimum absolute atomic E-state index is 0. The smallest absolute Gasteiger partial charge is 0.254 e. The van der Waals surface area contributed by atoms with Crippen LogP contribution in [0.2, 0.25) is 0 Å². The summed E-state index contributed by atoms with van der Waals surface area (Å²) < 4.78 is 4.22. The van der Waals surface area contributed by atoms with E-state index < -0.39 is 0 Å². The summed E-state index contributed by atoms with van der Waals surface area (Å²) in [6.45, 7) is 8.06. The van der Waals surface area contributed by atoms with Crippen LogP contribution >= 0.6 is 0 Å². The highest BCUT2D eigenvalue weighted by atomic mass is 79.9. The number of aromatic nitrogens is 2. The van der Waals surface area contributed by atoms with Crippen molar-refractivity contribution in [3.8, 4) is 0 Å². The van der Waals surface area contributed by atoms with Crippen LogP contribution in [-0.2, 0) is 13.1 Å². The molecule has 0 aliphatic heterocycles. The summed E-state index contributed by atoms with van der Waals surface area (Å²) in [5, 5.41) is 0. The third-order valence-electron chi connectivity index (χ3n) is 6.36. The van der Waals surface area contributed by atoms with Crippen LogP contribution in [0.15, 0.2) is 24.3 Å². The van der Waals surface area contributed by atoms with Crippen LogP contribution in [0.5, 0.6) is 0 Å². The number of halogens is 1. The van der Waals surface area contributed by atoms with E-state index >= 15 is 0 Å². The summed E-state index contributed by atoms with van der Waals surface area (Å²) >= 11 is 0. The van der Waals surface area contributed by atoms with Crippen molar-refractivity contribution in [1.82, 2.24) is 4.57 Å². The SMILES string of the molecule is CCCCCCCCCC[n+]1c2c(n(CCCC)c1C)C(=O)c1ccccc1C2=O.[Br-]. The van der Waals surface area contributed by atoms with Crippen molar-refractivity contribution in [2.75, 3.05) is 0 Å². The molecule has 3 rings (SSSR count). The maximum atomic E-state index is 13.4. The molecule has 0 amide bonds. The summed E-state index contributed by atoms with van der Waals surface area (Å²) in [4.78, 5) is 26.7. The fourth-order valence-electron chi connectivity index (χ4n) is 4.59. The van der Waals surface area contributed by atoms with Crippen molar-refractivity contribution in [1.29, 1.82) is 0 Å². The van der Waals surface area contributed by atoms with E-state index in [9.17, 15) is 9.59 Å². The highest BCUT2D eigenvalue weighted by molar-refractivity contribution is 6.26. The number of rotatable bonds is 12. The third kappa shape index (κ3) is 5.54. The van der Waals surface area contributed by atoms with E-state index in [4.69, 9.17) is 0 Å².